The van der Waals surface area contributed by atoms with Crippen molar-refractivity contribution in [2.24, 2.45) is 0 Å². The number of para-hydroxylation sites is 2. The summed E-state index contributed by atoms with van der Waals surface area (Å²) in [7, 11) is 1.64. The predicted octanol–water partition coefficient (Wildman–Crippen LogP) is 3.74. The standard InChI is InChI=1S/C26H22N4O4/c1-15(31)34-24-17-7-3-4-8-18(17)26(33)30(2)22-13-16(11-12-19(22)24)25(32)27-14-23-28-20-9-5-6-10-21(20)29-23/h3-13,24H,14H2,1-2H3,(H,27,32)(H,28,29). The van der Waals surface area contributed by atoms with Gasteiger partial charge in [-0.05, 0) is 30.3 Å². The van der Waals surface area contributed by atoms with E-state index in [4.69, 9.17) is 4.74 Å². The lowest BCUT2D eigenvalue weighted by atomic mass is 9.96. The molecule has 0 spiro atoms. The predicted molar refractivity (Wildman–Crippen MR) is 126 cm³/mol. The first-order valence-corrected chi connectivity index (χ1v) is 10.8. The van der Waals surface area contributed by atoms with Gasteiger partial charge in [0.1, 0.15) is 5.82 Å². The third-order valence-electron chi connectivity index (χ3n) is 5.85. The van der Waals surface area contributed by atoms with E-state index in [9.17, 15) is 14.4 Å². The molecule has 0 saturated heterocycles. The van der Waals surface area contributed by atoms with E-state index >= 15 is 0 Å². The van der Waals surface area contributed by atoms with Gasteiger partial charge in [0.2, 0.25) is 0 Å². The summed E-state index contributed by atoms with van der Waals surface area (Å²) in [6.07, 6.45) is -0.759. The van der Waals surface area contributed by atoms with Crippen LogP contribution >= 0.6 is 0 Å². The molecule has 2 amide bonds. The summed E-state index contributed by atoms with van der Waals surface area (Å²) < 4.78 is 5.62. The molecule has 0 aliphatic carbocycles. The summed E-state index contributed by atoms with van der Waals surface area (Å²) in [5.74, 6) is -0.376. The van der Waals surface area contributed by atoms with Crippen molar-refractivity contribution in [2.75, 3.05) is 11.9 Å². The largest absolute Gasteiger partial charge is 0.453 e. The number of ether oxygens (including phenoxy) is 1. The first kappa shape index (κ1) is 21.4. The number of H-pyrrole nitrogens is 1. The molecular weight excluding hydrogens is 432 g/mol. The SMILES string of the molecule is CC(=O)OC1c2ccccc2C(=O)N(C)c2cc(C(=O)NCc3nc4ccccc4[nH]3)ccc21. The zero-order valence-electron chi connectivity index (χ0n) is 18.7. The molecular formula is C26H22N4O4. The van der Waals surface area contributed by atoms with E-state index < -0.39 is 12.1 Å². The van der Waals surface area contributed by atoms with Crippen LogP contribution in [0.2, 0.25) is 0 Å². The Balaban J connectivity index is 1.46. The number of fused-ring (bicyclic) bond motifs is 3. The Bertz CT molecular complexity index is 1410. The number of benzene rings is 3. The number of anilines is 1. The minimum Gasteiger partial charge on any atom is -0.453 e. The Hall–Kier alpha value is -4.46. The Morgan fingerprint density at radius 1 is 1.06 bits per heavy atom. The van der Waals surface area contributed by atoms with Gasteiger partial charge in [-0.1, -0.05) is 36.4 Å². The summed E-state index contributed by atoms with van der Waals surface area (Å²) in [5, 5.41) is 2.86. The van der Waals surface area contributed by atoms with Crippen LogP contribution in [0.4, 0.5) is 5.69 Å². The number of nitrogens with one attached hydrogen (secondary N) is 2. The maximum atomic E-state index is 13.2. The second-order valence-corrected chi connectivity index (χ2v) is 8.10. The molecule has 2 heterocycles. The molecule has 0 saturated carbocycles. The summed E-state index contributed by atoms with van der Waals surface area (Å²) in [5.41, 5.74) is 4.29. The second kappa shape index (κ2) is 8.47. The zero-order valence-corrected chi connectivity index (χ0v) is 18.7. The highest BCUT2D eigenvalue weighted by Crippen LogP contribution is 2.39. The monoisotopic (exact) mass is 454 g/mol. The molecule has 4 aromatic rings. The van der Waals surface area contributed by atoms with Crippen LogP contribution in [-0.2, 0) is 16.1 Å². The molecule has 1 aliphatic rings. The number of rotatable bonds is 4. The normalized spacial score (nSPS) is 14.8. The van der Waals surface area contributed by atoms with Gasteiger partial charge in [-0.25, -0.2) is 4.98 Å². The smallest absolute Gasteiger partial charge is 0.303 e. The van der Waals surface area contributed by atoms with Crippen molar-refractivity contribution >= 4 is 34.5 Å². The van der Waals surface area contributed by atoms with Crippen molar-refractivity contribution in [3.8, 4) is 0 Å². The average Bonchev–Trinajstić information content (AvgIpc) is 3.24. The fourth-order valence-electron chi connectivity index (χ4n) is 4.22. The fraction of sp³-hybridized carbons (Fsp3) is 0.154. The highest BCUT2D eigenvalue weighted by molar-refractivity contribution is 6.09. The van der Waals surface area contributed by atoms with Gasteiger partial charge in [0.05, 0.1) is 23.3 Å². The van der Waals surface area contributed by atoms with Gasteiger partial charge in [-0.3, -0.25) is 14.4 Å². The van der Waals surface area contributed by atoms with E-state index in [0.29, 0.717) is 33.8 Å². The number of amides is 2. The van der Waals surface area contributed by atoms with E-state index in [1.807, 2.05) is 24.3 Å². The summed E-state index contributed by atoms with van der Waals surface area (Å²) in [4.78, 5) is 47.1. The highest BCUT2D eigenvalue weighted by Gasteiger charge is 2.33. The van der Waals surface area contributed by atoms with E-state index in [1.54, 1.807) is 49.5 Å². The number of esters is 1. The summed E-state index contributed by atoms with van der Waals surface area (Å²) in [6.45, 7) is 1.56. The average molecular weight is 454 g/mol. The minimum atomic E-state index is -0.759. The van der Waals surface area contributed by atoms with Crippen molar-refractivity contribution in [3.63, 3.8) is 0 Å². The van der Waals surface area contributed by atoms with E-state index in [0.717, 1.165) is 11.0 Å². The van der Waals surface area contributed by atoms with Gasteiger partial charge in [-0.2, -0.15) is 0 Å². The molecule has 170 valence electrons. The van der Waals surface area contributed by atoms with E-state index in [-0.39, 0.29) is 18.4 Å². The molecule has 1 unspecified atom stereocenters. The topological polar surface area (TPSA) is 104 Å². The first-order valence-electron chi connectivity index (χ1n) is 10.8. The van der Waals surface area contributed by atoms with Crippen LogP contribution in [0.3, 0.4) is 0 Å². The molecule has 5 rings (SSSR count). The molecule has 1 aliphatic heterocycles. The second-order valence-electron chi connectivity index (χ2n) is 8.10. The lowest BCUT2D eigenvalue weighted by Crippen LogP contribution is -2.27. The van der Waals surface area contributed by atoms with Crippen LogP contribution in [0.5, 0.6) is 0 Å². The van der Waals surface area contributed by atoms with Gasteiger partial charge in [-0.15, -0.1) is 0 Å². The number of nitrogens with zero attached hydrogens (tertiary/aromatic N) is 2. The molecule has 8 nitrogen and oxygen atoms in total. The van der Waals surface area contributed by atoms with Gasteiger partial charge in [0, 0.05) is 36.2 Å². The lowest BCUT2D eigenvalue weighted by molar-refractivity contribution is -0.144. The summed E-state index contributed by atoms with van der Waals surface area (Å²) >= 11 is 0. The van der Waals surface area contributed by atoms with Crippen LogP contribution in [0.1, 0.15) is 50.7 Å². The van der Waals surface area contributed by atoms with Crippen molar-refractivity contribution in [3.05, 3.63) is 94.8 Å². The van der Waals surface area contributed by atoms with Crippen molar-refractivity contribution in [2.45, 2.75) is 19.6 Å². The number of aromatic amines is 1. The molecule has 0 radical (unpaired) electrons. The number of imidazole rings is 1. The highest BCUT2D eigenvalue weighted by atomic mass is 16.5. The zero-order chi connectivity index (χ0) is 23.8. The number of aromatic nitrogens is 2. The van der Waals surface area contributed by atoms with Crippen LogP contribution in [0.15, 0.2) is 66.7 Å². The Morgan fingerprint density at radius 2 is 1.82 bits per heavy atom. The van der Waals surface area contributed by atoms with Crippen LogP contribution in [0.25, 0.3) is 11.0 Å². The fourth-order valence-corrected chi connectivity index (χ4v) is 4.22. The quantitative estimate of drug-likeness (QED) is 0.457. The molecule has 1 aromatic heterocycles. The van der Waals surface area contributed by atoms with Crippen molar-refractivity contribution in [1.29, 1.82) is 0 Å². The maximum Gasteiger partial charge on any atom is 0.303 e. The lowest BCUT2D eigenvalue weighted by Gasteiger charge is -2.21. The number of hydrogen-bond acceptors (Lipinski definition) is 5. The van der Waals surface area contributed by atoms with E-state index in [1.165, 1.54) is 11.8 Å². The molecule has 2 N–H and O–H groups in total. The third kappa shape index (κ3) is 3.79. The van der Waals surface area contributed by atoms with Crippen molar-refractivity contribution in [1.82, 2.24) is 15.3 Å². The Morgan fingerprint density at radius 3 is 2.62 bits per heavy atom. The van der Waals surface area contributed by atoms with E-state index in [2.05, 4.69) is 15.3 Å². The third-order valence-corrected chi connectivity index (χ3v) is 5.85. The Labute approximate surface area is 195 Å². The minimum absolute atomic E-state index is 0.223. The van der Waals surface area contributed by atoms with Gasteiger partial charge in [0.25, 0.3) is 11.8 Å². The molecule has 8 heteroatoms. The Kier molecular flexibility index (Phi) is 5.33. The van der Waals surface area contributed by atoms with Crippen molar-refractivity contribution < 1.29 is 19.1 Å². The number of carbonyl (C=O) groups is 3. The molecule has 0 bridgehead atoms. The molecule has 0 fully saturated rings. The number of hydrogen-bond donors (Lipinski definition) is 2. The molecule has 3 aromatic carbocycles. The molecule has 34 heavy (non-hydrogen) atoms. The van der Waals surface area contributed by atoms with Gasteiger partial charge >= 0.3 is 5.97 Å². The molecule has 1 atom stereocenters. The van der Waals surface area contributed by atoms with Crippen LogP contribution in [0, 0.1) is 0 Å². The number of carbonyl (C=O) groups excluding carboxylic acids is 3. The summed E-state index contributed by atoms with van der Waals surface area (Å²) in [6, 6.07) is 19.7. The first-order chi connectivity index (χ1) is 16.4. The maximum absolute atomic E-state index is 13.2. The van der Waals surface area contributed by atoms with Gasteiger partial charge in [0.15, 0.2) is 6.10 Å². The van der Waals surface area contributed by atoms with Crippen LogP contribution < -0.4 is 10.2 Å². The van der Waals surface area contributed by atoms with Gasteiger partial charge < -0.3 is 19.9 Å². The van der Waals surface area contributed by atoms with Crippen LogP contribution in [-0.4, -0.2) is 34.8 Å².